The first-order valence-corrected chi connectivity index (χ1v) is 10.2. The SMILES string of the molecule is CN(C)C(CNC(=O)NC1CC(=O)N(C2CCCCC2)C1)c1cccc(F)c1. The molecule has 2 fully saturated rings. The van der Waals surface area contributed by atoms with E-state index in [-0.39, 0.29) is 29.8 Å². The van der Waals surface area contributed by atoms with Gasteiger partial charge < -0.3 is 20.4 Å². The van der Waals surface area contributed by atoms with Crippen LogP contribution in [0.15, 0.2) is 24.3 Å². The fraction of sp³-hybridized carbons (Fsp3) is 0.619. The lowest BCUT2D eigenvalue weighted by Crippen LogP contribution is -2.46. The Morgan fingerprint density at radius 2 is 2.04 bits per heavy atom. The molecule has 3 amide bonds. The molecule has 1 aromatic rings. The predicted octanol–water partition coefficient (Wildman–Crippen LogP) is 2.66. The standard InChI is InChI=1S/C21H31FN4O2/c1-25(2)19(15-7-6-8-16(22)11-15)13-23-21(28)24-17-12-20(27)26(14-17)18-9-4-3-5-10-18/h6-8,11,17-19H,3-5,9-10,12-14H2,1-2H3,(H2,23,24,28). The molecule has 154 valence electrons. The van der Waals surface area contributed by atoms with Crippen LogP contribution < -0.4 is 10.6 Å². The molecule has 2 N–H and O–H groups in total. The predicted molar refractivity (Wildman–Crippen MR) is 106 cm³/mol. The molecular weight excluding hydrogens is 359 g/mol. The normalized spacial score (nSPS) is 21.8. The Hall–Kier alpha value is -2.15. The zero-order valence-electron chi connectivity index (χ0n) is 16.8. The van der Waals surface area contributed by atoms with Crippen LogP contribution in [0.1, 0.15) is 50.1 Å². The van der Waals surface area contributed by atoms with Crippen molar-refractivity contribution in [3.05, 3.63) is 35.6 Å². The van der Waals surface area contributed by atoms with Crippen molar-refractivity contribution < 1.29 is 14.0 Å². The van der Waals surface area contributed by atoms with Gasteiger partial charge in [0.2, 0.25) is 5.91 Å². The van der Waals surface area contributed by atoms with Gasteiger partial charge in [0, 0.05) is 25.6 Å². The second-order valence-electron chi connectivity index (χ2n) is 8.13. The molecule has 1 aliphatic heterocycles. The summed E-state index contributed by atoms with van der Waals surface area (Å²) in [5.74, 6) is -0.149. The molecule has 0 bridgehead atoms. The molecule has 1 aromatic carbocycles. The molecular formula is C21H31FN4O2. The Labute approximate surface area is 166 Å². The topological polar surface area (TPSA) is 64.7 Å². The number of halogens is 1. The Morgan fingerprint density at radius 3 is 2.71 bits per heavy atom. The van der Waals surface area contributed by atoms with Crippen molar-refractivity contribution in [3.63, 3.8) is 0 Å². The van der Waals surface area contributed by atoms with Crippen LogP contribution >= 0.6 is 0 Å². The lowest BCUT2D eigenvalue weighted by molar-refractivity contribution is -0.130. The first kappa shape index (κ1) is 20.6. The molecule has 3 rings (SSSR count). The summed E-state index contributed by atoms with van der Waals surface area (Å²) in [5, 5.41) is 5.80. The van der Waals surface area contributed by atoms with E-state index in [2.05, 4.69) is 10.6 Å². The minimum absolute atomic E-state index is 0.134. The highest BCUT2D eigenvalue weighted by molar-refractivity contribution is 5.82. The van der Waals surface area contributed by atoms with Crippen LogP contribution in [-0.4, -0.2) is 61.0 Å². The molecule has 0 aromatic heterocycles. The number of nitrogens with one attached hydrogen (secondary N) is 2. The lowest BCUT2D eigenvalue weighted by Gasteiger charge is -2.31. The van der Waals surface area contributed by atoms with Gasteiger partial charge in [0.15, 0.2) is 0 Å². The third-order valence-corrected chi connectivity index (χ3v) is 5.82. The Bertz CT molecular complexity index is 691. The maximum absolute atomic E-state index is 13.5. The number of amides is 3. The molecule has 28 heavy (non-hydrogen) atoms. The van der Waals surface area contributed by atoms with Crippen LogP contribution in [0.2, 0.25) is 0 Å². The highest BCUT2D eigenvalue weighted by Gasteiger charge is 2.35. The van der Waals surface area contributed by atoms with E-state index in [1.54, 1.807) is 6.07 Å². The number of carbonyl (C=O) groups is 2. The largest absolute Gasteiger partial charge is 0.338 e. The molecule has 2 aliphatic rings. The van der Waals surface area contributed by atoms with E-state index in [1.807, 2.05) is 30.0 Å². The summed E-state index contributed by atoms with van der Waals surface area (Å²) in [6.07, 6.45) is 6.12. The van der Waals surface area contributed by atoms with E-state index in [4.69, 9.17) is 0 Å². The number of carbonyl (C=O) groups excluding carboxylic acids is 2. The van der Waals surface area contributed by atoms with Gasteiger partial charge >= 0.3 is 6.03 Å². The molecule has 7 heteroatoms. The number of nitrogens with zero attached hydrogens (tertiary/aromatic N) is 2. The molecule has 2 atom stereocenters. The Balaban J connectivity index is 1.50. The maximum atomic E-state index is 13.5. The number of benzene rings is 1. The van der Waals surface area contributed by atoms with E-state index >= 15 is 0 Å². The Morgan fingerprint density at radius 1 is 1.29 bits per heavy atom. The lowest BCUT2D eigenvalue weighted by atomic mass is 9.94. The zero-order valence-corrected chi connectivity index (χ0v) is 16.8. The van der Waals surface area contributed by atoms with Crippen molar-refractivity contribution >= 4 is 11.9 Å². The quantitative estimate of drug-likeness (QED) is 0.785. The van der Waals surface area contributed by atoms with Crippen molar-refractivity contribution in [2.75, 3.05) is 27.2 Å². The second-order valence-corrected chi connectivity index (χ2v) is 8.13. The van der Waals surface area contributed by atoms with Gasteiger partial charge in [-0.1, -0.05) is 31.4 Å². The average Bonchev–Trinajstić information content (AvgIpc) is 3.02. The van der Waals surface area contributed by atoms with Crippen LogP contribution in [-0.2, 0) is 4.79 Å². The van der Waals surface area contributed by atoms with Gasteiger partial charge in [0.25, 0.3) is 0 Å². The van der Waals surface area contributed by atoms with Gasteiger partial charge in [-0.05, 0) is 44.6 Å². The number of likely N-dealkylation sites (N-methyl/N-ethyl adjacent to an activating group) is 1. The van der Waals surface area contributed by atoms with Crippen LogP contribution in [0.3, 0.4) is 0 Å². The molecule has 1 saturated carbocycles. The number of urea groups is 1. The van der Waals surface area contributed by atoms with Crippen LogP contribution in [0.5, 0.6) is 0 Å². The third-order valence-electron chi connectivity index (χ3n) is 5.82. The van der Waals surface area contributed by atoms with E-state index in [0.29, 0.717) is 25.6 Å². The summed E-state index contributed by atoms with van der Waals surface area (Å²) in [7, 11) is 3.79. The number of hydrogen-bond acceptors (Lipinski definition) is 3. The average molecular weight is 391 g/mol. The van der Waals surface area contributed by atoms with Crippen molar-refractivity contribution in [1.29, 1.82) is 0 Å². The molecule has 6 nitrogen and oxygen atoms in total. The van der Waals surface area contributed by atoms with Gasteiger partial charge in [-0.2, -0.15) is 0 Å². The Kier molecular flexibility index (Phi) is 6.88. The van der Waals surface area contributed by atoms with Crippen LogP contribution in [0, 0.1) is 5.82 Å². The van der Waals surface area contributed by atoms with Gasteiger partial charge in [0.1, 0.15) is 5.82 Å². The molecule has 1 aliphatic carbocycles. The van der Waals surface area contributed by atoms with Gasteiger partial charge in [0.05, 0.1) is 12.1 Å². The second kappa shape index (κ2) is 9.37. The van der Waals surface area contributed by atoms with Gasteiger partial charge in [-0.25, -0.2) is 9.18 Å². The number of hydrogen-bond donors (Lipinski definition) is 2. The smallest absolute Gasteiger partial charge is 0.315 e. The summed E-state index contributed by atoms with van der Waals surface area (Å²) in [5.41, 5.74) is 0.810. The fourth-order valence-corrected chi connectivity index (χ4v) is 4.31. The van der Waals surface area contributed by atoms with E-state index in [0.717, 1.165) is 18.4 Å². The first-order chi connectivity index (χ1) is 13.4. The van der Waals surface area contributed by atoms with Crippen LogP contribution in [0.25, 0.3) is 0 Å². The van der Waals surface area contributed by atoms with Gasteiger partial charge in [-0.15, -0.1) is 0 Å². The summed E-state index contributed by atoms with van der Waals surface area (Å²) in [6.45, 7) is 0.952. The highest BCUT2D eigenvalue weighted by atomic mass is 19.1. The minimum atomic E-state index is -0.291. The van der Waals surface area contributed by atoms with E-state index in [1.165, 1.54) is 31.4 Å². The van der Waals surface area contributed by atoms with Crippen molar-refractivity contribution in [2.24, 2.45) is 0 Å². The molecule has 0 spiro atoms. The van der Waals surface area contributed by atoms with Gasteiger partial charge in [-0.3, -0.25) is 4.79 Å². The summed E-state index contributed by atoms with van der Waals surface area (Å²) in [4.78, 5) is 28.6. The molecule has 1 saturated heterocycles. The zero-order chi connectivity index (χ0) is 20.1. The summed E-state index contributed by atoms with van der Waals surface area (Å²) < 4.78 is 13.5. The highest BCUT2D eigenvalue weighted by Crippen LogP contribution is 2.26. The maximum Gasteiger partial charge on any atom is 0.315 e. The minimum Gasteiger partial charge on any atom is -0.338 e. The molecule has 1 heterocycles. The molecule has 2 unspecified atom stereocenters. The summed E-state index contributed by atoms with van der Waals surface area (Å²) in [6, 6.07) is 6.18. The van der Waals surface area contributed by atoms with Crippen molar-refractivity contribution in [3.8, 4) is 0 Å². The summed E-state index contributed by atoms with van der Waals surface area (Å²) >= 11 is 0. The first-order valence-electron chi connectivity index (χ1n) is 10.2. The van der Waals surface area contributed by atoms with E-state index in [9.17, 15) is 14.0 Å². The molecule has 0 radical (unpaired) electrons. The number of rotatable bonds is 6. The number of likely N-dealkylation sites (tertiary alicyclic amines) is 1. The van der Waals surface area contributed by atoms with E-state index < -0.39 is 0 Å². The third kappa shape index (κ3) is 5.22. The fourth-order valence-electron chi connectivity index (χ4n) is 4.31. The van der Waals surface area contributed by atoms with Crippen molar-refractivity contribution in [2.45, 2.75) is 56.7 Å². The van der Waals surface area contributed by atoms with Crippen molar-refractivity contribution in [1.82, 2.24) is 20.4 Å². The van der Waals surface area contributed by atoms with Crippen LogP contribution in [0.4, 0.5) is 9.18 Å². The monoisotopic (exact) mass is 390 g/mol.